The largest absolute Gasteiger partial charge is 0.573 e. The van der Waals surface area contributed by atoms with Crippen LogP contribution in [0, 0.1) is 11.8 Å². The summed E-state index contributed by atoms with van der Waals surface area (Å²) in [4.78, 5) is 12.1. The van der Waals surface area contributed by atoms with E-state index in [0.29, 0.717) is 5.92 Å². The van der Waals surface area contributed by atoms with Gasteiger partial charge < -0.3 is 15.4 Å². The summed E-state index contributed by atoms with van der Waals surface area (Å²) < 4.78 is 41.0. The molecule has 0 aromatic heterocycles. The number of halogens is 4. The molecule has 1 aromatic rings. The number of hydrogen-bond acceptors (Lipinski definition) is 3. The monoisotopic (exact) mass is 366 g/mol. The summed E-state index contributed by atoms with van der Waals surface area (Å²) in [5.74, 6) is -0.0476. The molecule has 1 heterocycles. The van der Waals surface area contributed by atoms with Gasteiger partial charge in [-0.1, -0.05) is 19.1 Å². The molecule has 1 aliphatic rings. The average Bonchev–Trinajstić information content (AvgIpc) is 2.48. The number of carbonyl (C=O) groups excluding carboxylic acids is 1. The number of para-hydroxylation sites is 2. The standard InChI is InChI=1S/C16H21F3N2O2.ClH/c1-11(12-6-8-20-9-7-12)10-15(22)21-13-4-2-3-5-14(13)23-16(17,18)19;/h2-5,11-12,20H,6-10H2,1H3,(H,21,22);1H. The van der Waals surface area contributed by atoms with E-state index < -0.39 is 12.1 Å². The fraction of sp³-hybridized carbons (Fsp3) is 0.562. The lowest BCUT2D eigenvalue weighted by Crippen LogP contribution is -2.32. The van der Waals surface area contributed by atoms with Crippen molar-refractivity contribution in [2.45, 2.75) is 32.5 Å². The van der Waals surface area contributed by atoms with Crippen molar-refractivity contribution < 1.29 is 22.7 Å². The molecule has 4 nitrogen and oxygen atoms in total. The smallest absolute Gasteiger partial charge is 0.404 e. The third kappa shape index (κ3) is 6.57. The molecule has 0 bridgehead atoms. The first-order valence-electron chi connectivity index (χ1n) is 7.70. The van der Waals surface area contributed by atoms with Crippen molar-refractivity contribution in [2.24, 2.45) is 11.8 Å². The molecule has 1 saturated heterocycles. The number of alkyl halides is 3. The van der Waals surface area contributed by atoms with Gasteiger partial charge in [0, 0.05) is 6.42 Å². The maximum absolute atomic E-state index is 12.4. The molecular formula is C16H22ClF3N2O2. The first-order valence-corrected chi connectivity index (χ1v) is 7.70. The van der Waals surface area contributed by atoms with Crippen LogP contribution >= 0.6 is 12.4 Å². The fourth-order valence-electron chi connectivity index (χ4n) is 2.86. The number of hydrogen-bond donors (Lipinski definition) is 2. The van der Waals surface area contributed by atoms with Gasteiger partial charge in [-0.3, -0.25) is 4.79 Å². The van der Waals surface area contributed by atoms with Crippen LogP contribution in [-0.2, 0) is 4.79 Å². The van der Waals surface area contributed by atoms with E-state index >= 15 is 0 Å². The Morgan fingerprint density at radius 2 is 1.96 bits per heavy atom. The molecule has 2 N–H and O–H groups in total. The topological polar surface area (TPSA) is 50.4 Å². The van der Waals surface area contributed by atoms with E-state index in [0.717, 1.165) is 25.9 Å². The van der Waals surface area contributed by atoms with Crippen molar-refractivity contribution in [1.29, 1.82) is 0 Å². The summed E-state index contributed by atoms with van der Waals surface area (Å²) in [5.41, 5.74) is 0.0346. The SMILES string of the molecule is CC(CC(=O)Nc1ccccc1OC(F)(F)F)C1CCNCC1.Cl. The highest BCUT2D eigenvalue weighted by Gasteiger charge is 2.32. The van der Waals surface area contributed by atoms with Crippen molar-refractivity contribution in [1.82, 2.24) is 5.32 Å². The number of benzene rings is 1. The number of piperidine rings is 1. The van der Waals surface area contributed by atoms with Gasteiger partial charge >= 0.3 is 6.36 Å². The second kappa shape index (κ2) is 9.13. The predicted molar refractivity (Wildman–Crippen MR) is 88.4 cm³/mol. The molecule has 0 saturated carbocycles. The molecule has 0 aliphatic carbocycles. The molecular weight excluding hydrogens is 345 g/mol. The lowest BCUT2D eigenvalue weighted by Gasteiger charge is -2.28. The van der Waals surface area contributed by atoms with Gasteiger partial charge in [0.1, 0.15) is 0 Å². The molecule has 8 heteroatoms. The Balaban J connectivity index is 0.00000288. The number of amides is 1. The van der Waals surface area contributed by atoms with Gasteiger partial charge in [-0.15, -0.1) is 25.6 Å². The number of ether oxygens (including phenoxy) is 1. The zero-order valence-corrected chi connectivity index (χ0v) is 14.2. The Bertz CT molecular complexity index is 534. The van der Waals surface area contributed by atoms with Crippen LogP contribution in [0.15, 0.2) is 24.3 Å². The van der Waals surface area contributed by atoms with Crippen molar-refractivity contribution in [3.8, 4) is 5.75 Å². The van der Waals surface area contributed by atoms with E-state index in [-0.39, 0.29) is 36.3 Å². The number of rotatable bonds is 5. The molecule has 1 aromatic carbocycles. The second-order valence-electron chi connectivity index (χ2n) is 5.86. The van der Waals surface area contributed by atoms with Crippen LogP contribution in [0.2, 0.25) is 0 Å². The number of carbonyl (C=O) groups is 1. The van der Waals surface area contributed by atoms with Crippen molar-refractivity contribution in [2.75, 3.05) is 18.4 Å². The highest BCUT2D eigenvalue weighted by atomic mass is 35.5. The van der Waals surface area contributed by atoms with Crippen LogP contribution in [0.25, 0.3) is 0 Å². The van der Waals surface area contributed by atoms with Crippen LogP contribution in [0.3, 0.4) is 0 Å². The molecule has 136 valence electrons. The summed E-state index contributed by atoms with van der Waals surface area (Å²) in [6.45, 7) is 3.89. The predicted octanol–water partition coefficient (Wildman–Crippen LogP) is 3.97. The molecule has 1 unspecified atom stereocenters. The van der Waals surface area contributed by atoms with Crippen LogP contribution in [0.5, 0.6) is 5.75 Å². The van der Waals surface area contributed by atoms with Gasteiger partial charge in [0.15, 0.2) is 5.75 Å². The third-order valence-electron chi connectivity index (χ3n) is 4.08. The van der Waals surface area contributed by atoms with E-state index in [1.54, 1.807) is 6.07 Å². The van der Waals surface area contributed by atoms with Gasteiger partial charge in [-0.05, 0) is 49.9 Å². The fourth-order valence-corrected chi connectivity index (χ4v) is 2.86. The number of nitrogens with one attached hydrogen (secondary N) is 2. The summed E-state index contributed by atoms with van der Waals surface area (Å²) in [5, 5.41) is 5.79. The Morgan fingerprint density at radius 1 is 1.33 bits per heavy atom. The average molecular weight is 367 g/mol. The van der Waals surface area contributed by atoms with Crippen LogP contribution in [-0.4, -0.2) is 25.4 Å². The van der Waals surface area contributed by atoms with Gasteiger partial charge in [0.25, 0.3) is 0 Å². The minimum Gasteiger partial charge on any atom is -0.404 e. The molecule has 1 atom stereocenters. The van der Waals surface area contributed by atoms with Crippen LogP contribution in [0.4, 0.5) is 18.9 Å². The summed E-state index contributed by atoms with van der Waals surface area (Å²) in [6, 6.07) is 5.55. The number of anilines is 1. The Hall–Kier alpha value is -1.47. The van der Waals surface area contributed by atoms with Crippen LogP contribution < -0.4 is 15.4 Å². The van der Waals surface area contributed by atoms with Crippen molar-refractivity contribution in [3.05, 3.63) is 24.3 Å². The molecule has 1 aliphatic heterocycles. The maximum Gasteiger partial charge on any atom is 0.573 e. The lowest BCUT2D eigenvalue weighted by atomic mass is 9.84. The Morgan fingerprint density at radius 3 is 2.58 bits per heavy atom. The Labute approximate surface area is 145 Å². The van der Waals surface area contributed by atoms with Gasteiger partial charge in [-0.2, -0.15) is 0 Å². The van der Waals surface area contributed by atoms with E-state index in [1.165, 1.54) is 18.2 Å². The van der Waals surface area contributed by atoms with Crippen LogP contribution in [0.1, 0.15) is 26.2 Å². The first-order chi connectivity index (χ1) is 10.8. The lowest BCUT2D eigenvalue weighted by molar-refractivity contribution is -0.274. The highest BCUT2D eigenvalue weighted by Crippen LogP contribution is 2.31. The van der Waals surface area contributed by atoms with Crippen molar-refractivity contribution in [3.63, 3.8) is 0 Å². The van der Waals surface area contributed by atoms with Gasteiger partial charge in [0.2, 0.25) is 5.91 Å². The van der Waals surface area contributed by atoms with Crippen molar-refractivity contribution >= 4 is 24.0 Å². The highest BCUT2D eigenvalue weighted by molar-refractivity contribution is 5.92. The molecule has 1 fully saturated rings. The molecule has 2 rings (SSSR count). The third-order valence-corrected chi connectivity index (χ3v) is 4.08. The molecule has 24 heavy (non-hydrogen) atoms. The van der Waals surface area contributed by atoms with E-state index in [1.807, 2.05) is 6.92 Å². The maximum atomic E-state index is 12.4. The molecule has 1 amide bonds. The zero-order chi connectivity index (χ0) is 16.9. The molecule has 0 spiro atoms. The minimum absolute atomic E-state index is 0. The minimum atomic E-state index is -4.79. The van der Waals surface area contributed by atoms with Gasteiger partial charge in [0.05, 0.1) is 5.69 Å². The normalized spacial score (nSPS) is 16.8. The zero-order valence-electron chi connectivity index (χ0n) is 13.4. The quantitative estimate of drug-likeness (QED) is 0.829. The molecule has 0 radical (unpaired) electrons. The Kier molecular flexibility index (Phi) is 7.83. The summed E-state index contributed by atoms with van der Waals surface area (Å²) in [6.07, 6.45) is -2.47. The summed E-state index contributed by atoms with van der Waals surface area (Å²) >= 11 is 0. The first kappa shape index (κ1) is 20.6. The van der Waals surface area contributed by atoms with E-state index in [2.05, 4.69) is 15.4 Å². The van der Waals surface area contributed by atoms with E-state index in [4.69, 9.17) is 0 Å². The van der Waals surface area contributed by atoms with E-state index in [9.17, 15) is 18.0 Å². The van der Waals surface area contributed by atoms with Gasteiger partial charge in [-0.25, -0.2) is 0 Å². The summed E-state index contributed by atoms with van der Waals surface area (Å²) in [7, 11) is 0. The second-order valence-corrected chi connectivity index (χ2v) is 5.86.